The maximum absolute atomic E-state index is 12.6. The van der Waals surface area contributed by atoms with E-state index >= 15 is 0 Å². The molecule has 1 saturated carbocycles. The zero-order chi connectivity index (χ0) is 15.0. The zero-order valence-electron chi connectivity index (χ0n) is 12.8. The number of rotatable bonds is 3. The molecule has 0 radical (unpaired) electrons. The molecule has 0 N–H and O–H groups in total. The van der Waals surface area contributed by atoms with Gasteiger partial charge in [-0.15, -0.1) is 0 Å². The summed E-state index contributed by atoms with van der Waals surface area (Å²) in [5.74, 6) is -0.337. The van der Waals surface area contributed by atoms with Crippen LogP contribution in [0.1, 0.15) is 45.4 Å². The van der Waals surface area contributed by atoms with E-state index in [-0.39, 0.29) is 11.3 Å². The monoisotopic (exact) mass is 302 g/mol. The van der Waals surface area contributed by atoms with Crippen LogP contribution in [-0.4, -0.2) is 56.0 Å². The highest BCUT2D eigenvalue weighted by atomic mass is 32.2. The van der Waals surface area contributed by atoms with Gasteiger partial charge >= 0.3 is 0 Å². The Morgan fingerprint density at radius 1 is 1.15 bits per heavy atom. The van der Waals surface area contributed by atoms with Crippen molar-refractivity contribution in [3.05, 3.63) is 0 Å². The number of hydrogen-bond donors (Lipinski definition) is 0. The van der Waals surface area contributed by atoms with E-state index < -0.39 is 15.3 Å². The van der Waals surface area contributed by atoms with Crippen LogP contribution in [0.25, 0.3) is 0 Å². The molecule has 20 heavy (non-hydrogen) atoms. The van der Waals surface area contributed by atoms with Crippen molar-refractivity contribution in [1.29, 1.82) is 0 Å². The first-order chi connectivity index (χ1) is 9.28. The van der Waals surface area contributed by atoms with Gasteiger partial charge in [0.25, 0.3) is 0 Å². The Morgan fingerprint density at radius 2 is 1.70 bits per heavy atom. The van der Waals surface area contributed by atoms with Crippen molar-refractivity contribution in [2.75, 3.05) is 27.2 Å². The van der Waals surface area contributed by atoms with E-state index in [1.807, 2.05) is 0 Å². The molecule has 1 aliphatic heterocycles. The number of sulfonamides is 1. The van der Waals surface area contributed by atoms with Crippen LogP contribution in [-0.2, 0) is 14.8 Å². The van der Waals surface area contributed by atoms with E-state index in [9.17, 15) is 13.2 Å². The lowest BCUT2D eigenvalue weighted by atomic mass is 9.79. The molecule has 0 aromatic carbocycles. The zero-order valence-corrected chi connectivity index (χ0v) is 13.6. The molecule has 2 rings (SSSR count). The summed E-state index contributed by atoms with van der Waals surface area (Å²) < 4.78 is 26.9. The average Bonchev–Trinajstić information content (AvgIpc) is 2.84. The second-order valence-electron chi connectivity index (χ2n) is 6.56. The van der Waals surface area contributed by atoms with Crippen molar-refractivity contribution in [1.82, 2.24) is 9.21 Å². The van der Waals surface area contributed by atoms with Gasteiger partial charge in [-0.05, 0) is 38.0 Å². The lowest BCUT2D eigenvalue weighted by molar-refractivity contribution is -0.128. The van der Waals surface area contributed by atoms with Crippen molar-refractivity contribution in [2.24, 2.45) is 5.41 Å². The molecule has 2 aliphatic rings. The first kappa shape index (κ1) is 15.8. The summed E-state index contributed by atoms with van der Waals surface area (Å²) in [5, 5.41) is -0.978. The van der Waals surface area contributed by atoms with Gasteiger partial charge < -0.3 is 4.90 Å². The minimum atomic E-state index is -3.53. The maximum Gasteiger partial charge on any atom is 0.241 e. The molecule has 116 valence electrons. The Hall–Kier alpha value is -0.620. The SMILES string of the molecule is CC(C(=O)N(C)C)S(=O)(=O)N1CCCC2(CCCC2)C1. The highest BCUT2D eigenvalue weighted by Crippen LogP contribution is 2.45. The molecule has 2 fully saturated rings. The van der Waals surface area contributed by atoms with Crippen LogP contribution in [0.4, 0.5) is 0 Å². The second-order valence-corrected chi connectivity index (χ2v) is 8.82. The molecule has 0 aromatic heterocycles. The number of hydrogen-bond acceptors (Lipinski definition) is 3. The minimum Gasteiger partial charge on any atom is -0.348 e. The van der Waals surface area contributed by atoms with E-state index in [2.05, 4.69) is 0 Å². The Morgan fingerprint density at radius 3 is 2.25 bits per heavy atom. The largest absolute Gasteiger partial charge is 0.348 e. The number of carbonyl (C=O) groups excluding carboxylic acids is 1. The van der Waals surface area contributed by atoms with Crippen molar-refractivity contribution in [3.8, 4) is 0 Å². The number of piperidine rings is 1. The van der Waals surface area contributed by atoms with Crippen molar-refractivity contribution in [3.63, 3.8) is 0 Å². The molecule has 6 heteroatoms. The molecule has 1 heterocycles. The summed E-state index contributed by atoms with van der Waals surface area (Å²) in [5.41, 5.74) is 0.187. The van der Waals surface area contributed by atoms with Crippen LogP contribution in [0.3, 0.4) is 0 Å². The Balaban J connectivity index is 2.15. The second kappa shape index (κ2) is 5.64. The van der Waals surface area contributed by atoms with E-state index in [0.29, 0.717) is 13.1 Å². The van der Waals surface area contributed by atoms with Gasteiger partial charge in [-0.1, -0.05) is 12.8 Å². The highest BCUT2D eigenvalue weighted by molar-refractivity contribution is 7.90. The molecule has 5 nitrogen and oxygen atoms in total. The van der Waals surface area contributed by atoms with Crippen molar-refractivity contribution >= 4 is 15.9 Å². The van der Waals surface area contributed by atoms with Crippen LogP contribution >= 0.6 is 0 Å². The number of carbonyl (C=O) groups is 1. The summed E-state index contributed by atoms with van der Waals surface area (Å²) in [7, 11) is -0.327. The normalized spacial score (nSPS) is 24.8. The topological polar surface area (TPSA) is 57.7 Å². The van der Waals surface area contributed by atoms with E-state index in [0.717, 1.165) is 25.7 Å². The Bertz CT molecular complexity index is 467. The molecular formula is C14H26N2O3S. The van der Waals surface area contributed by atoms with Crippen molar-refractivity contribution in [2.45, 2.75) is 50.7 Å². The summed E-state index contributed by atoms with van der Waals surface area (Å²) in [4.78, 5) is 13.3. The van der Waals surface area contributed by atoms with Gasteiger partial charge in [0.2, 0.25) is 15.9 Å². The van der Waals surface area contributed by atoms with Gasteiger partial charge in [0.1, 0.15) is 0 Å². The number of amides is 1. The molecule has 1 unspecified atom stereocenters. The molecule has 1 saturated heterocycles. The van der Waals surface area contributed by atoms with Gasteiger partial charge in [0.05, 0.1) is 0 Å². The Labute approximate surface area is 122 Å². The summed E-state index contributed by atoms with van der Waals surface area (Å²) in [6.45, 7) is 2.68. The molecular weight excluding hydrogens is 276 g/mol. The minimum absolute atomic E-state index is 0.187. The summed E-state index contributed by atoms with van der Waals surface area (Å²) in [6, 6.07) is 0. The molecule has 0 bridgehead atoms. The molecule has 1 spiro atoms. The van der Waals surface area contributed by atoms with Gasteiger partial charge in [-0.2, -0.15) is 0 Å². The van der Waals surface area contributed by atoms with Crippen LogP contribution in [0.2, 0.25) is 0 Å². The van der Waals surface area contributed by atoms with Gasteiger partial charge in [0, 0.05) is 27.2 Å². The number of nitrogens with zero attached hydrogens (tertiary/aromatic N) is 2. The van der Waals surface area contributed by atoms with Gasteiger partial charge in [0.15, 0.2) is 5.25 Å². The molecule has 1 aliphatic carbocycles. The first-order valence-corrected chi connectivity index (χ1v) is 8.99. The molecule has 1 amide bonds. The smallest absolute Gasteiger partial charge is 0.241 e. The fourth-order valence-corrected chi connectivity index (χ4v) is 5.38. The van der Waals surface area contributed by atoms with Crippen LogP contribution < -0.4 is 0 Å². The standard InChI is InChI=1S/C14H26N2O3S/c1-12(13(17)15(2)3)20(18,19)16-10-6-9-14(11-16)7-4-5-8-14/h12H,4-11H2,1-3H3. The van der Waals surface area contributed by atoms with E-state index in [1.54, 1.807) is 18.4 Å². The van der Waals surface area contributed by atoms with E-state index in [4.69, 9.17) is 0 Å². The average molecular weight is 302 g/mol. The Kier molecular flexibility index (Phi) is 4.44. The van der Waals surface area contributed by atoms with Gasteiger partial charge in [-0.25, -0.2) is 12.7 Å². The van der Waals surface area contributed by atoms with Crippen molar-refractivity contribution < 1.29 is 13.2 Å². The van der Waals surface area contributed by atoms with Crippen LogP contribution in [0.15, 0.2) is 0 Å². The summed E-state index contributed by atoms with van der Waals surface area (Å²) in [6.07, 6.45) is 6.74. The quantitative estimate of drug-likeness (QED) is 0.793. The van der Waals surface area contributed by atoms with Gasteiger partial charge in [-0.3, -0.25) is 4.79 Å². The summed E-state index contributed by atoms with van der Waals surface area (Å²) >= 11 is 0. The maximum atomic E-state index is 12.6. The third-order valence-corrected chi connectivity index (χ3v) is 7.01. The third-order valence-electron chi connectivity index (χ3n) is 4.89. The fraction of sp³-hybridized carbons (Fsp3) is 0.929. The molecule has 0 aromatic rings. The third kappa shape index (κ3) is 2.86. The molecule has 1 atom stereocenters. The van der Waals surface area contributed by atoms with E-state index in [1.165, 1.54) is 24.7 Å². The van der Waals surface area contributed by atoms with Crippen LogP contribution in [0.5, 0.6) is 0 Å². The van der Waals surface area contributed by atoms with Crippen LogP contribution in [0, 0.1) is 5.41 Å². The lowest BCUT2D eigenvalue weighted by Crippen LogP contribution is -2.50. The predicted molar refractivity (Wildman–Crippen MR) is 78.8 cm³/mol. The lowest BCUT2D eigenvalue weighted by Gasteiger charge is -2.40. The fourth-order valence-electron chi connectivity index (χ4n) is 3.63. The predicted octanol–water partition coefficient (Wildman–Crippen LogP) is 1.45. The highest BCUT2D eigenvalue weighted by Gasteiger charge is 2.44. The first-order valence-electron chi connectivity index (χ1n) is 7.49.